The SMILES string of the molecule is NNc1ncc(Cl)c(NC2CC(O)C2)n1. The van der Waals surface area contributed by atoms with E-state index < -0.39 is 0 Å². The summed E-state index contributed by atoms with van der Waals surface area (Å²) in [5.41, 5.74) is 2.34. The molecule has 0 radical (unpaired) electrons. The van der Waals surface area contributed by atoms with Crippen LogP contribution in [-0.2, 0) is 0 Å². The van der Waals surface area contributed by atoms with Crippen LogP contribution in [0.15, 0.2) is 6.20 Å². The zero-order valence-corrected chi connectivity index (χ0v) is 8.70. The number of hydrazine groups is 1. The molecule has 1 fully saturated rings. The summed E-state index contributed by atoms with van der Waals surface area (Å²) >= 11 is 5.90. The quantitative estimate of drug-likeness (QED) is 0.441. The Labute approximate surface area is 91.8 Å². The second-order valence-corrected chi connectivity index (χ2v) is 3.91. The summed E-state index contributed by atoms with van der Waals surface area (Å²) in [5.74, 6) is 6.03. The van der Waals surface area contributed by atoms with Crippen LogP contribution < -0.4 is 16.6 Å². The zero-order valence-electron chi connectivity index (χ0n) is 7.94. The van der Waals surface area contributed by atoms with Crippen LogP contribution in [0.1, 0.15) is 12.8 Å². The summed E-state index contributed by atoms with van der Waals surface area (Å²) in [6, 6.07) is 0.220. The van der Waals surface area contributed by atoms with Crippen molar-refractivity contribution in [3.63, 3.8) is 0 Å². The maximum absolute atomic E-state index is 9.13. The molecule has 1 aliphatic rings. The average molecular weight is 230 g/mol. The van der Waals surface area contributed by atoms with Gasteiger partial charge in [0.05, 0.1) is 12.3 Å². The smallest absolute Gasteiger partial charge is 0.239 e. The number of nitrogen functional groups attached to an aromatic ring is 1. The number of aliphatic hydroxyl groups excluding tert-OH is 1. The van der Waals surface area contributed by atoms with Gasteiger partial charge in [-0.3, -0.25) is 5.43 Å². The molecule has 0 aliphatic heterocycles. The van der Waals surface area contributed by atoms with Crippen LogP contribution in [0.3, 0.4) is 0 Å². The van der Waals surface area contributed by atoms with Gasteiger partial charge in [-0.1, -0.05) is 11.6 Å². The van der Waals surface area contributed by atoms with Crippen LogP contribution in [0.2, 0.25) is 5.02 Å². The molecule has 0 unspecified atom stereocenters. The van der Waals surface area contributed by atoms with Crippen LogP contribution >= 0.6 is 11.6 Å². The molecule has 7 heteroatoms. The van der Waals surface area contributed by atoms with E-state index in [2.05, 4.69) is 20.7 Å². The minimum atomic E-state index is -0.213. The minimum Gasteiger partial charge on any atom is -0.393 e. The van der Waals surface area contributed by atoms with Crippen molar-refractivity contribution in [2.24, 2.45) is 5.84 Å². The van der Waals surface area contributed by atoms with E-state index in [1.54, 1.807) is 0 Å². The van der Waals surface area contributed by atoms with Crippen LogP contribution in [0, 0.1) is 0 Å². The van der Waals surface area contributed by atoms with Gasteiger partial charge in [0.15, 0.2) is 5.82 Å². The van der Waals surface area contributed by atoms with Crippen LogP contribution in [0.4, 0.5) is 11.8 Å². The van der Waals surface area contributed by atoms with Crippen molar-refractivity contribution in [1.82, 2.24) is 9.97 Å². The predicted octanol–water partition coefficient (Wildman–Crippen LogP) is 0.351. The van der Waals surface area contributed by atoms with Crippen molar-refractivity contribution in [3.8, 4) is 0 Å². The normalized spacial score (nSPS) is 24.5. The third-order valence-corrected chi connectivity index (χ3v) is 2.60. The highest BCUT2D eigenvalue weighted by Crippen LogP contribution is 2.26. The Morgan fingerprint density at radius 1 is 1.53 bits per heavy atom. The number of halogens is 1. The average Bonchev–Trinajstić information content (AvgIpc) is 2.19. The molecule has 0 atom stereocenters. The van der Waals surface area contributed by atoms with E-state index in [4.69, 9.17) is 22.6 Å². The highest BCUT2D eigenvalue weighted by molar-refractivity contribution is 6.32. The van der Waals surface area contributed by atoms with Crippen molar-refractivity contribution < 1.29 is 5.11 Å². The molecule has 0 spiro atoms. The monoisotopic (exact) mass is 229 g/mol. The van der Waals surface area contributed by atoms with E-state index >= 15 is 0 Å². The molecule has 0 aromatic carbocycles. The molecular formula is C8H12ClN5O. The number of hydrogen-bond acceptors (Lipinski definition) is 6. The molecule has 6 nitrogen and oxygen atoms in total. The number of nitrogens with one attached hydrogen (secondary N) is 2. The van der Waals surface area contributed by atoms with Gasteiger partial charge >= 0.3 is 0 Å². The summed E-state index contributed by atoms with van der Waals surface area (Å²) in [6.45, 7) is 0. The maximum Gasteiger partial charge on any atom is 0.239 e. The fraction of sp³-hybridized carbons (Fsp3) is 0.500. The van der Waals surface area contributed by atoms with Gasteiger partial charge in [0.25, 0.3) is 0 Å². The third-order valence-electron chi connectivity index (χ3n) is 2.33. The number of nitrogens with zero attached hydrogens (tertiary/aromatic N) is 2. The first kappa shape index (κ1) is 10.4. The van der Waals surface area contributed by atoms with Gasteiger partial charge in [-0.05, 0) is 12.8 Å². The number of aliphatic hydroxyl groups is 1. The molecule has 0 amide bonds. The summed E-state index contributed by atoms with van der Waals surface area (Å²) in [4.78, 5) is 7.92. The Kier molecular flexibility index (Phi) is 2.90. The molecule has 15 heavy (non-hydrogen) atoms. The largest absolute Gasteiger partial charge is 0.393 e. The van der Waals surface area contributed by atoms with E-state index in [-0.39, 0.29) is 12.1 Å². The number of rotatable bonds is 3. The summed E-state index contributed by atoms with van der Waals surface area (Å²) in [7, 11) is 0. The van der Waals surface area contributed by atoms with Gasteiger partial charge in [0.1, 0.15) is 5.02 Å². The highest BCUT2D eigenvalue weighted by Gasteiger charge is 2.27. The van der Waals surface area contributed by atoms with E-state index in [1.807, 2.05) is 0 Å². The number of anilines is 2. The molecule has 1 aliphatic carbocycles. The van der Waals surface area contributed by atoms with Gasteiger partial charge in [-0.25, -0.2) is 10.8 Å². The third kappa shape index (κ3) is 2.28. The maximum atomic E-state index is 9.13. The van der Waals surface area contributed by atoms with Crippen molar-refractivity contribution >= 4 is 23.4 Å². The summed E-state index contributed by atoms with van der Waals surface area (Å²) < 4.78 is 0. The van der Waals surface area contributed by atoms with E-state index in [9.17, 15) is 0 Å². The summed E-state index contributed by atoms with van der Waals surface area (Å²) in [6.07, 6.45) is 2.69. The van der Waals surface area contributed by atoms with Crippen molar-refractivity contribution in [2.45, 2.75) is 25.0 Å². The molecule has 0 bridgehead atoms. The number of aromatic nitrogens is 2. The first-order valence-electron chi connectivity index (χ1n) is 4.63. The Hall–Kier alpha value is -1.11. The molecule has 1 aromatic rings. The molecule has 0 saturated heterocycles. The van der Waals surface area contributed by atoms with Crippen molar-refractivity contribution in [2.75, 3.05) is 10.7 Å². The molecule has 1 saturated carbocycles. The lowest BCUT2D eigenvalue weighted by molar-refractivity contribution is 0.0835. The molecule has 1 heterocycles. The standard InChI is InChI=1S/C8H12ClN5O/c9-6-3-11-8(14-10)13-7(6)12-4-1-5(15)2-4/h3-5,15H,1-2,10H2,(H2,11,12,13,14). The van der Waals surface area contributed by atoms with E-state index in [1.165, 1.54) is 6.20 Å². The first-order chi connectivity index (χ1) is 7.19. The number of nitrogens with two attached hydrogens (primary N) is 1. The second-order valence-electron chi connectivity index (χ2n) is 3.50. The van der Waals surface area contributed by atoms with Gasteiger partial charge in [-0.2, -0.15) is 4.98 Å². The second kappa shape index (κ2) is 4.18. The van der Waals surface area contributed by atoms with Crippen molar-refractivity contribution in [3.05, 3.63) is 11.2 Å². The highest BCUT2D eigenvalue weighted by atomic mass is 35.5. The molecule has 5 N–H and O–H groups in total. The first-order valence-corrected chi connectivity index (χ1v) is 5.00. The minimum absolute atomic E-state index is 0.213. The molecule has 1 aromatic heterocycles. The van der Waals surface area contributed by atoms with Gasteiger partial charge in [0.2, 0.25) is 5.95 Å². The molecule has 82 valence electrons. The Bertz CT molecular complexity index is 355. The number of hydrogen-bond donors (Lipinski definition) is 4. The predicted molar refractivity (Wildman–Crippen MR) is 57.5 cm³/mol. The van der Waals surface area contributed by atoms with E-state index in [0.29, 0.717) is 29.6 Å². The Morgan fingerprint density at radius 3 is 2.87 bits per heavy atom. The fourth-order valence-electron chi connectivity index (χ4n) is 1.44. The van der Waals surface area contributed by atoms with Crippen LogP contribution in [0.25, 0.3) is 0 Å². The fourth-order valence-corrected chi connectivity index (χ4v) is 1.58. The summed E-state index contributed by atoms with van der Waals surface area (Å²) in [5, 5.41) is 12.7. The molecule has 2 rings (SSSR count). The zero-order chi connectivity index (χ0) is 10.8. The van der Waals surface area contributed by atoms with Crippen LogP contribution in [0.5, 0.6) is 0 Å². The van der Waals surface area contributed by atoms with Crippen molar-refractivity contribution in [1.29, 1.82) is 0 Å². The van der Waals surface area contributed by atoms with Gasteiger partial charge in [-0.15, -0.1) is 0 Å². The molecular weight excluding hydrogens is 218 g/mol. The lowest BCUT2D eigenvalue weighted by atomic mass is 9.89. The Balaban J connectivity index is 2.06. The van der Waals surface area contributed by atoms with Crippen LogP contribution in [-0.4, -0.2) is 27.2 Å². The Morgan fingerprint density at radius 2 is 2.27 bits per heavy atom. The topological polar surface area (TPSA) is 96.1 Å². The van der Waals surface area contributed by atoms with Gasteiger partial charge < -0.3 is 10.4 Å². The van der Waals surface area contributed by atoms with E-state index in [0.717, 1.165) is 0 Å². The van der Waals surface area contributed by atoms with Gasteiger partial charge in [0, 0.05) is 6.04 Å². The lowest BCUT2D eigenvalue weighted by Gasteiger charge is -2.32. The lowest BCUT2D eigenvalue weighted by Crippen LogP contribution is -2.39.